The molecule has 0 bridgehead atoms. The maximum Gasteiger partial charge on any atom is 0.0543 e. The predicted octanol–water partition coefficient (Wildman–Crippen LogP) is 0.530. The van der Waals surface area contributed by atoms with E-state index in [2.05, 4.69) is 0 Å². The first-order valence-corrected chi connectivity index (χ1v) is 3.62. The second-order valence-electron chi connectivity index (χ2n) is 2.85. The molecule has 1 fully saturated rings. The van der Waals surface area contributed by atoms with Crippen LogP contribution < -0.4 is 0 Å². The van der Waals surface area contributed by atoms with Crippen LogP contribution in [-0.2, 0) is 0 Å². The van der Waals surface area contributed by atoms with E-state index in [1.54, 1.807) is 0 Å². The summed E-state index contributed by atoms with van der Waals surface area (Å²) in [5.41, 5.74) is 0. The maximum absolute atomic E-state index is 9.04. The summed E-state index contributed by atoms with van der Waals surface area (Å²) in [7, 11) is 0. The second kappa shape index (κ2) is 3.18. The van der Waals surface area contributed by atoms with E-state index in [1.165, 1.54) is 0 Å². The van der Waals surface area contributed by atoms with Crippen LogP contribution in [0.15, 0.2) is 0 Å². The van der Waals surface area contributed by atoms with Crippen molar-refractivity contribution in [3.63, 3.8) is 0 Å². The quantitative estimate of drug-likeness (QED) is 0.572. The molecule has 54 valence electrons. The van der Waals surface area contributed by atoms with Crippen molar-refractivity contribution < 1.29 is 10.2 Å². The molecule has 0 aromatic heterocycles. The highest BCUT2D eigenvalue weighted by Gasteiger charge is 2.21. The molecule has 9 heavy (non-hydrogen) atoms. The van der Waals surface area contributed by atoms with E-state index in [1.807, 2.05) is 0 Å². The highest BCUT2D eigenvalue weighted by molar-refractivity contribution is 4.73. The fraction of sp³-hybridized carbons (Fsp3) is 1.00. The molecular formula is C7H14O2. The number of hydrogen-bond acceptors (Lipinski definition) is 2. The zero-order valence-electron chi connectivity index (χ0n) is 5.58. The van der Waals surface area contributed by atoms with Crippen molar-refractivity contribution in [2.75, 3.05) is 6.61 Å². The molecule has 0 unspecified atom stereocenters. The van der Waals surface area contributed by atoms with E-state index < -0.39 is 0 Å². The average molecular weight is 130 g/mol. The SMILES string of the molecule is OCC[C@H]1CC[C@@H](O)C1. The molecule has 1 aliphatic carbocycles. The van der Waals surface area contributed by atoms with Gasteiger partial charge in [0.25, 0.3) is 0 Å². The normalized spacial score (nSPS) is 35.3. The van der Waals surface area contributed by atoms with Gasteiger partial charge in [0.2, 0.25) is 0 Å². The highest BCUT2D eigenvalue weighted by Crippen LogP contribution is 2.27. The summed E-state index contributed by atoms with van der Waals surface area (Å²) in [6.45, 7) is 0.275. The highest BCUT2D eigenvalue weighted by atomic mass is 16.3. The van der Waals surface area contributed by atoms with Crippen LogP contribution in [0.5, 0.6) is 0 Å². The Morgan fingerprint density at radius 1 is 1.33 bits per heavy atom. The topological polar surface area (TPSA) is 40.5 Å². The summed E-state index contributed by atoms with van der Waals surface area (Å²) < 4.78 is 0. The predicted molar refractivity (Wildman–Crippen MR) is 35.1 cm³/mol. The Bertz CT molecular complexity index is 81.0. The van der Waals surface area contributed by atoms with Crippen molar-refractivity contribution in [2.45, 2.75) is 31.8 Å². The Morgan fingerprint density at radius 2 is 2.11 bits per heavy atom. The maximum atomic E-state index is 9.04. The van der Waals surface area contributed by atoms with E-state index in [9.17, 15) is 0 Å². The van der Waals surface area contributed by atoms with E-state index in [-0.39, 0.29) is 12.7 Å². The summed E-state index contributed by atoms with van der Waals surface area (Å²) >= 11 is 0. The van der Waals surface area contributed by atoms with E-state index in [0.29, 0.717) is 5.92 Å². The first-order valence-electron chi connectivity index (χ1n) is 3.62. The Labute approximate surface area is 55.5 Å². The molecule has 1 rings (SSSR count). The minimum atomic E-state index is -0.0819. The third-order valence-electron chi connectivity index (χ3n) is 2.05. The molecule has 0 amide bonds. The second-order valence-corrected chi connectivity index (χ2v) is 2.85. The van der Waals surface area contributed by atoms with Crippen LogP contribution in [0.1, 0.15) is 25.7 Å². The van der Waals surface area contributed by atoms with Crippen LogP contribution in [-0.4, -0.2) is 22.9 Å². The minimum absolute atomic E-state index is 0.0819. The summed E-state index contributed by atoms with van der Waals surface area (Å²) in [4.78, 5) is 0. The van der Waals surface area contributed by atoms with Crippen molar-refractivity contribution in [3.05, 3.63) is 0 Å². The lowest BCUT2D eigenvalue weighted by atomic mass is 10.1. The molecule has 0 heterocycles. The molecule has 2 nitrogen and oxygen atoms in total. The largest absolute Gasteiger partial charge is 0.396 e. The van der Waals surface area contributed by atoms with Gasteiger partial charge in [-0.05, 0) is 31.6 Å². The molecule has 0 aromatic carbocycles. The molecular weight excluding hydrogens is 116 g/mol. The van der Waals surface area contributed by atoms with Gasteiger partial charge in [-0.2, -0.15) is 0 Å². The zero-order chi connectivity index (χ0) is 6.69. The Balaban J connectivity index is 2.14. The lowest BCUT2D eigenvalue weighted by molar-refractivity contribution is 0.173. The van der Waals surface area contributed by atoms with Gasteiger partial charge in [-0.15, -0.1) is 0 Å². The van der Waals surface area contributed by atoms with Crippen molar-refractivity contribution in [1.82, 2.24) is 0 Å². The minimum Gasteiger partial charge on any atom is -0.396 e. The van der Waals surface area contributed by atoms with Crippen molar-refractivity contribution in [2.24, 2.45) is 5.92 Å². The van der Waals surface area contributed by atoms with Gasteiger partial charge >= 0.3 is 0 Å². The molecule has 1 saturated carbocycles. The lowest BCUT2D eigenvalue weighted by Gasteiger charge is -2.04. The number of rotatable bonds is 2. The summed E-state index contributed by atoms with van der Waals surface area (Å²) in [5.74, 6) is 0.588. The van der Waals surface area contributed by atoms with Gasteiger partial charge in [-0.1, -0.05) is 0 Å². The Hall–Kier alpha value is -0.0800. The monoisotopic (exact) mass is 130 g/mol. The number of aliphatic hydroxyl groups excluding tert-OH is 2. The molecule has 0 radical (unpaired) electrons. The van der Waals surface area contributed by atoms with Gasteiger partial charge in [0.1, 0.15) is 0 Å². The van der Waals surface area contributed by atoms with Crippen LogP contribution in [0.25, 0.3) is 0 Å². The van der Waals surface area contributed by atoms with Gasteiger partial charge in [-0.25, -0.2) is 0 Å². The molecule has 0 saturated heterocycles. The zero-order valence-corrected chi connectivity index (χ0v) is 5.58. The van der Waals surface area contributed by atoms with Gasteiger partial charge < -0.3 is 10.2 Å². The Kier molecular flexibility index (Phi) is 2.49. The van der Waals surface area contributed by atoms with Gasteiger partial charge in [0.15, 0.2) is 0 Å². The molecule has 0 aromatic rings. The summed E-state index contributed by atoms with van der Waals surface area (Å²) in [6.07, 6.45) is 3.73. The van der Waals surface area contributed by atoms with Gasteiger partial charge in [0, 0.05) is 6.61 Å². The van der Waals surface area contributed by atoms with Gasteiger partial charge in [0.05, 0.1) is 6.10 Å². The van der Waals surface area contributed by atoms with Crippen LogP contribution in [0.4, 0.5) is 0 Å². The smallest absolute Gasteiger partial charge is 0.0543 e. The third kappa shape index (κ3) is 1.95. The van der Waals surface area contributed by atoms with Crippen molar-refractivity contribution >= 4 is 0 Å². The molecule has 2 heteroatoms. The van der Waals surface area contributed by atoms with Crippen molar-refractivity contribution in [1.29, 1.82) is 0 Å². The van der Waals surface area contributed by atoms with Crippen molar-refractivity contribution in [3.8, 4) is 0 Å². The Morgan fingerprint density at radius 3 is 2.56 bits per heavy atom. The average Bonchev–Trinajstić information content (AvgIpc) is 2.17. The third-order valence-corrected chi connectivity index (χ3v) is 2.05. The standard InChI is InChI=1S/C7H14O2/c8-4-3-6-1-2-7(9)5-6/h6-9H,1-5H2/t6-,7-/m1/s1. The van der Waals surface area contributed by atoms with Crippen LogP contribution in [0.2, 0.25) is 0 Å². The molecule has 0 aliphatic heterocycles. The van der Waals surface area contributed by atoms with E-state index in [0.717, 1.165) is 25.7 Å². The first-order chi connectivity index (χ1) is 4.33. The first kappa shape index (κ1) is 7.03. The molecule has 0 spiro atoms. The van der Waals surface area contributed by atoms with E-state index >= 15 is 0 Å². The fourth-order valence-electron chi connectivity index (χ4n) is 1.49. The fourth-order valence-corrected chi connectivity index (χ4v) is 1.49. The molecule has 1 aliphatic rings. The molecule has 2 N–H and O–H groups in total. The van der Waals surface area contributed by atoms with E-state index in [4.69, 9.17) is 10.2 Å². The number of hydrogen-bond donors (Lipinski definition) is 2. The van der Waals surface area contributed by atoms with Crippen LogP contribution >= 0.6 is 0 Å². The number of aliphatic hydroxyl groups is 2. The summed E-state index contributed by atoms with van der Waals surface area (Å²) in [5, 5.41) is 17.6. The van der Waals surface area contributed by atoms with Gasteiger partial charge in [-0.3, -0.25) is 0 Å². The van der Waals surface area contributed by atoms with Crippen LogP contribution in [0, 0.1) is 5.92 Å². The lowest BCUT2D eigenvalue weighted by Crippen LogP contribution is -2.01. The van der Waals surface area contributed by atoms with Crippen LogP contribution in [0.3, 0.4) is 0 Å². The summed E-state index contributed by atoms with van der Waals surface area (Å²) in [6, 6.07) is 0. The molecule has 2 atom stereocenters.